The van der Waals surface area contributed by atoms with Crippen molar-refractivity contribution in [2.24, 2.45) is 0 Å². The van der Waals surface area contributed by atoms with Crippen LogP contribution in [0.2, 0.25) is 0 Å². The average molecular weight is 256 g/mol. The maximum Gasteiger partial charge on any atom is 0.211 e. The van der Waals surface area contributed by atoms with Gasteiger partial charge in [0.2, 0.25) is 5.89 Å². The molecule has 0 aromatic carbocycles. The number of nitrogens with zero attached hydrogens (tertiary/aromatic N) is 3. The minimum atomic E-state index is 0.112. The molecule has 5 heteroatoms. The van der Waals surface area contributed by atoms with E-state index >= 15 is 0 Å². The molecule has 1 atom stereocenters. The molecule has 3 heterocycles. The number of oxazole rings is 1. The van der Waals surface area contributed by atoms with Crippen molar-refractivity contribution in [2.45, 2.75) is 19.9 Å². The Bertz CT molecular complexity index is 685. The monoisotopic (exact) mass is 256 g/mol. The van der Waals surface area contributed by atoms with Gasteiger partial charge in [-0.25, -0.2) is 9.50 Å². The lowest BCUT2D eigenvalue weighted by molar-refractivity contribution is 0.429. The van der Waals surface area contributed by atoms with Crippen LogP contribution in [-0.2, 0) is 0 Å². The Kier molecular flexibility index (Phi) is 3.05. The zero-order valence-corrected chi connectivity index (χ0v) is 11.0. The first kappa shape index (κ1) is 11.9. The van der Waals surface area contributed by atoms with Gasteiger partial charge in [0.15, 0.2) is 5.76 Å². The topological polar surface area (TPSA) is 55.4 Å². The minimum absolute atomic E-state index is 0.112. The van der Waals surface area contributed by atoms with Crippen LogP contribution in [0.4, 0.5) is 0 Å². The number of hydrogen-bond donors (Lipinski definition) is 1. The van der Waals surface area contributed by atoms with Gasteiger partial charge in [-0.15, -0.1) is 0 Å². The van der Waals surface area contributed by atoms with E-state index in [1.807, 2.05) is 35.8 Å². The summed E-state index contributed by atoms with van der Waals surface area (Å²) in [5.74, 6) is 1.45. The molecule has 3 aromatic heterocycles. The van der Waals surface area contributed by atoms with Crippen LogP contribution in [0.1, 0.15) is 25.8 Å². The highest BCUT2D eigenvalue weighted by atomic mass is 16.4. The lowest BCUT2D eigenvalue weighted by Crippen LogP contribution is -2.17. The number of rotatable bonds is 4. The van der Waals surface area contributed by atoms with E-state index in [9.17, 15) is 0 Å². The van der Waals surface area contributed by atoms with Gasteiger partial charge in [-0.05, 0) is 25.6 Å². The van der Waals surface area contributed by atoms with Crippen LogP contribution < -0.4 is 5.32 Å². The van der Waals surface area contributed by atoms with Gasteiger partial charge < -0.3 is 9.73 Å². The van der Waals surface area contributed by atoms with Crippen LogP contribution in [0.15, 0.2) is 41.2 Å². The SMILES string of the molecule is CCNC(C)c1ncc(-c2cnn3ccccc23)o1. The smallest absolute Gasteiger partial charge is 0.211 e. The average Bonchev–Trinajstić information content (AvgIpc) is 3.05. The van der Waals surface area contributed by atoms with Crippen molar-refractivity contribution in [1.29, 1.82) is 0 Å². The van der Waals surface area contributed by atoms with E-state index in [0.717, 1.165) is 23.4 Å². The van der Waals surface area contributed by atoms with Gasteiger partial charge in [-0.1, -0.05) is 13.0 Å². The Labute approximate surface area is 111 Å². The molecule has 5 nitrogen and oxygen atoms in total. The predicted molar refractivity (Wildman–Crippen MR) is 72.8 cm³/mol. The summed E-state index contributed by atoms with van der Waals surface area (Å²) in [6.45, 7) is 4.98. The first-order valence-electron chi connectivity index (χ1n) is 6.41. The summed E-state index contributed by atoms with van der Waals surface area (Å²) in [7, 11) is 0. The van der Waals surface area contributed by atoms with Crippen molar-refractivity contribution in [2.75, 3.05) is 6.54 Å². The molecule has 0 amide bonds. The lowest BCUT2D eigenvalue weighted by Gasteiger charge is -2.06. The first-order valence-corrected chi connectivity index (χ1v) is 6.41. The molecule has 3 rings (SSSR count). The van der Waals surface area contributed by atoms with E-state index in [1.165, 1.54) is 0 Å². The Morgan fingerprint density at radius 3 is 3.11 bits per heavy atom. The van der Waals surface area contributed by atoms with Gasteiger partial charge in [0.1, 0.15) is 0 Å². The second kappa shape index (κ2) is 4.85. The number of hydrogen-bond acceptors (Lipinski definition) is 4. The van der Waals surface area contributed by atoms with Crippen molar-refractivity contribution in [3.63, 3.8) is 0 Å². The first-order chi connectivity index (χ1) is 9.29. The van der Waals surface area contributed by atoms with Gasteiger partial charge in [0.05, 0.1) is 29.5 Å². The fourth-order valence-electron chi connectivity index (χ4n) is 2.13. The van der Waals surface area contributed by atoms with E-state index < -0.39 is 0 Å². The molecule has 0 aliphatic rings. The van der Waals surface area contributed by atoms with Gasteiger partial charge in [0, 0.05) is 6.20 Å². The standard InChI is InChI=1S/C14H16N4O/c1-3-15-10(2)14-16-9-13(19-14)11-8-17-18-7-5-4-6-12(11)18/h4-10,15H,3H2,1-2H3. The zero-order chi connectivity index (χ0) is 13.2. The summed E-state index contributed by atoms with van der Waals surface area (Å²) in [6.07, 6.45) is 5.47. The van der Waals surface area contributed by atoms with Crippen molar-refractivity contribution in [3.05, 3.63) is 42.7 Å². The molecule has 0 bridgehead atoms. The summed E-state index contributed by atoms with van der Waals surface area (Å²) < 4.78 is 7.65. The predicted octanol–water partition coefficient (Wildman–Crippen LogP) is 2.66. The Hall–Kier alpha value is -2.14. The number of aromatic nitrogens is 3. The quantitative estimate of drug-likeness (QED) is 0.779. The normalized spacial score (nSPS) is 12.9. The zero-order valence-electron chi connectivity index (χ0n) is 11.0. The maximum absolute atomic E-state index is 5.82. The second-order valence-corrected chi connectivity index (χ2v) is 4.43. The third-order valence-electron chi connectivity index (χ3n) is 3.10. The third kappa shape index (κ3) is 2.13. The van der Waals surface area contributed by atoms with Gasteiger partial charge in [-0.3, -0.25) is 0 Å². The van der Waals surface area contributed by atoms with Gasteiger partial charge in [-0.2, -0.15) is 5.10 Å². The summed E-state index contributed by atoms with van der Waals surface area (Å²) in [5.41, 5.74) is 1.98. The fourth-order valence-corrected chi connectivity index (χ4v) is 2.13. The van der Waals surface area contributed by atoms with Crippen LogP contribution in [0, 0.1) is 0 Å². The van der Waals surface area contributed by atoms with Crippen molar-refractivity contribution in [3.8, 4) is 11.3 Å². The molecule has 0 spiro atoms. The highest BCUT2D eigenvalue weighted by Gasteiger charge is 2.14. The molecule has 1 N–H and O–H groups in total. The van der Waals surface area contributed by atoms with Crippen LogP contribution in [-0.4, -0.2) is 21.1 Å². The summed E-state index contributed by atoms with van der Waals surface area (Å²) in [5, 5.41) is 7.58. The Balaban J connectivity index is 1.98. The minimum Gasteiger partial charge on any atom is -0.439 e. The van der Waals surface area contributed by atoms with E-state index in [4.69, 9.17) is 4.42 Å². The number of nitrogens with one attached hydrogen (secondary N) is 1. The van der Waals surface area contributed by atoms with Crippen LogP contribution >= 0.6 is 0 Å². The van der Waals surface area contributed by atoms with Gasteiger partial charge in [0.25, 0.3) is 0 Å². The van der Waals surface area contributed by atoms with Crippen LogP contribution in [0.5, 0.6) is 0 Å². The molecule has 1 unspecified atom stereocenters. The summed E-state index contributed by atoms with van der Waals surface area (Å²) >= 11 is 0. The van der Waals surface area contributed by atoms with E-state index in [0.29, 0.717) is 5.89 Å². The van der Waals surface area contributed by atoms with E-state index in [-0.39, 0.29) is 6.04 Å². The molecule has 3 aromatic rings. The lowest BCUT2D eigenvalue weighted by atomic mass is 10.2. The number of pyridine rings is 1. The maximum atomic E-state index is 5.82. The van der Waals surface area contributed by atoms with Crippen molar-refractivity contribution in [1.82, 2.24) is 19.9 Å². The second-order valence-electron chi connectivity index (χ2n) is 4.43. The van der Waals surface area contributed by atoms with E-state index in [2.05, 4.69) is 22.3 Å². The largest absolute Gasteiger partial charge is 0.439 e. The summed E-state index contributed by atoms with van der Waals surface area (Å²) in [6, 6.07) is 6.06. The summed E-state index contributed by atoms with van der Waals surface area (Å²) in [4.78, 5) is 4.33. The third-order valence-corrected chi connectivity index (χ3v) is 3.10. The highest BCUT2D eigenvalue weighted by molar-refractivity contribution is 5.76. The Morgan fingerprint density at radius 1 is 1.37 bits per heavy atom. The van der Waals surface area contributed by atoms with Crippen LogP contribution in [0.3, 0.4) is 0 Å². The Morgan fingerprint density at radius 2 is 2.26 bits per heavy atom. The molecular formula is C14H16N4O. The molecule has 98 valence electrons. The molecule has 0 saturated carbocycles. The van der Waals surface area contributed by atoms with Crippen molar-refractivity contribution < 1.29 is 4.42 Å². The molecular weight excluding hydrogens is 240 g/mol. The number of fused-ring (bicyclic) bond motifs is 1. The molecule has 0 aliphatic carbocycles. The molecule has 0 radical (unpaired) electrons. The van der Waals surface area contributed by atoms with Crippen molar-refractivity contribution >= 4 is 5.52 Å². The highest BCUT2D eigenvalue weighted by Crippen LogP contribution is 2.26. The molecule has 0 fully saturated rings. The van der Waals surface area contributed by atoms with Gasteiger partial charge >= 0.3 is 0 Å². The van der Waals surface area contributed by atoms with E-state index in [1.54, 1.807) is 12.4 Å². The van der Waals surface area contributed by atoms with Crippen LogP contribution in [0.25, 0.3) is 16.8 Å². The molecule has 0 saturated heterocycles. The fraction of sp³-hybridized carbons (Fsp3) is 0.286. The molecule has 0 aliphatic heterocycles. The molecule has 19 heavy (non-hydrogen) atoms.